The molecule has 0 spiro atoms. The average molecular weight is 295 g/mol. The van der Waals surface area contributed by atoms with Gasteiger partial charge in [-0.2, -0.15) is 0 Å². The zero-order chi connectivity index (χ0) is 14.8. The van der Waals surface area contributed by atoms with Crippen molar-refractivity contribution in [2.24, 2.45) is 0 Å². The van der Waals surface area contributed by atoms with E-state index in [9.17, 15) is 20.3 Å². The van der Waals surface area contributed by atoms with Crippen molar-refractivity contribution in [2.45, 2.75) is 5.91 Å². The largest absolute Gasteiger partial charge is 0.345 e. The van der Waals surface area contributed by atoms with E-state index in [1.807, 2.05) is 0 Å². The number of nitrogens with zero attached hydrogens (tertiary/aromatic N) is 1. The van der Waals surface area contributed by atoms with Crippen LogP contribution in [-0.2, 0) is 5.91 Å². The van der Waals surface area contributed by atoms with Crippen LogP contribution in [0.1, 0.15) is 5.56 Å². The highest BCUT2D eigenvalue weighted by atomic mass is 35.5. The van der Waals surface area contributed by atoms with E-state index >= 15 is 0 Å². The molecule has 20 heavy (non-hydrogen) atoms. The van der Waals surface area contributed by atoms with Crippen LogP contribution in [-0.4, -0.2) is 15.1 Å². The van der Waals surface area contributed by atoms with Crippen LogP contribution < -0.4 is 5.32 Å². The van der Waals surface area contributed by atoms with Gasteiger partial charge in [-0.05, 0) is 18.2 Å². The van der Waals surface area contributed by atoms with Crippen molar-refractivity contribution < 1.29 is 15.1 Å². The molecule has 0 aliphatic rings. The number of aliphatic hydroxyl groups is 2. The molecule has 0 atom stereocenters. The van der Waals surface area contributed by atoms with Gasteiger partial charge in [-0.25, -0.2) is 0 Å². The van der Waals surface area contributed by atoms with Crippen LogP contribution >= 0.6 is 11.6 Å². The molecular weight excluding hydrogens is 284 g/mol. The van der Waals surface area contributed by atoms with Crippen LogP contribution in [0.2, 0.25) is 5.02 Å². The minimum Gasteiger partial charge on any atom is -0.345 e. The molecule has 0 radical (unpaired) electrons. The van der Waals surface area contributed by atoms with Gasteiger partial charge in [-0.15, -0.1) is 0 Å². The van der Waals surface area contributed by atoms with E-state index in [0.29, 0.717) is 5.02 Å². The highest BCUT2D eigenvalue weighted by molar-refractivity contribution is 6.30. The Balaban J connectivity index is 2.33. The molecule has 0 fully saturated rings. The molecule has 3 N–H and O–H groups in total. The van der Waals surface area contributed by atoms with E-state index in [1.54, 1.807) is 6.07 Å². The molecule has 0 heterocycles. The first kappa shape index (κ1) is 14.3. The first-order valence-electron chi connectivity index (χ1n) is 5.62. The van der Waals surface area contributed by atoms with Crippen LogP contribution in [0, 0.1) is 10.1 Å². The molecule has 0 amide bonds. The maximum absolute atomic E-state index is 10.9. The zero-order valence-corrected chi connectivity index (χ0v) is 10.9. The fraction of sp³-hybridized carbons (Fsp3) is 0.0769. The maximum atomic E-state index is 10.9. The first-order chi connectivity index (χ1) is 9.40. The van der Waals surface area contributed by atoms with E-state index in [-0.39, 0.29) is 16.9 Å². The van der Waals surface area contributed by atoms with Crippen molar-refractivity contribution in [3.63, 3.8) is 0 Å². The first-order valence-corrected chi connectivity index (χ1v) is 6.00. The molecule has 0 unspecified atom stereocenters. The van der Waals surface area contributed by atoms with Crippen LogP contribution in [0.3, 0.4) is 0 Å². The molecule has 2 aromatic rings. The minimum absolute atomic E-state index is 0.00236. The van der Waals surface area contributed by atoms with Crippen LogP contribution in [0.4, 0.5) is 11.4 Å². The van der Waals surface area contributed by atoms with Crippen LogP contribution in [0.5, 0.6) is 0 Å². The molecular formula is C13H11ClN2O4. The van der Waals surface area contributed by atoms with Crippen molar-refractivity contribution in [1.29, 1.82) is 0 Å². The van der Waals surface area contributed by atoms with E-state index in [4.69, 9.17) is 11.6 Å². The van der Waals surface area contributed by atoms with E-state index in [1.165, 1.54) is 42.5 Å². The highest BCUT2D eigenvalue weighted by Crippen LogP contribution is 2.29. The summed E-state index contributed by atoms with van der Waals surface area (Å²) in [5.74, 6) is -2.45. The minimum atomic E-state index is -2.45. The third kappa shape index (κ3) is 3.05. The summed E-state index contributed by atoms with van der Waals surface area (Å²) in [6, 6.07) is 11.5. The lowest BCUT2D eigenvalue weighted by Crippen LogP contribution is -2.34. The number of nitro benzene ring substituents is 1. The Hall–Kier alpha value is -2.15. The SMILES string of the molecule is O=[N+]([O-])c1ccccc1NC(O)(O)c1ccc(Cl)cc1. The van der Waals surface area contributed by atoms with Crippen molar-refractivity contribution in [1.82, 2.24) is 0 Å². The number of rotatable bonds is 4. The Morgan fingerprint density at radius 2 is 1.70 bits per heavy atom. The summed E-state index contributed by atoms with van der Waals surface area (Å²) in [5, 5.41) is 33.7. The van der Waals surface area contributed by atoms with E-state index in [0.717, 1.165) is 0 Å². The lowest BCUT2D eigenvalue weighted by molar-refractivity contribution is -0.384. The predicted octanol–water partition coefficient (Wildman–Crippen LogP) is 2.46. The second-order valence-corrected chi connectivity index (χ2v) is 4.51. The standard InChI is InChI=1S/C13H11ClN2O4/c14-10-7-5-9(6-8-10)13(17,18)15-11-3-1-2-4-12(11)16(19)20/h1-8,15,17-18H. The number of hydrogen-bond acceptors (Lipinski definition) is 5. The normalized spacial score (nSPS) is 11.2. The Kier molecular flexibility index (Phi) is 3.89. The molecule has 6 nitrogen and oxygen atoms in total. The van der Waals surface area contributed by atoms with Crippen molar-refractivity contribution in [3.05, 3.63) is 69.2 Å². The summed E-state index contributed by atoms with van der Waals surface area (Å²) in [6.07, 6.45) is 0. The number of nitrogens with one attached hydrogen (secondary N) is 1. The van der Waals surface area contributed by atoms with Gasteiger partial charge in [0, 0.05) is 16.7 Å². The number of para-hydroxylation sites is 2. The summed E-state index contributed by atoms with van der Waals surface area (Å²) in [4.78, 5) is 10.3. The Morgan fingerprint density at radius 3 is 2.30 bits per heavy atom. The van der Waals surface area contributed by atoms with Gasteiger partial charge in [0.05, 0.1) is 4.92 Å². The van der Waals surface area contributed by atoms with Gasteiger partial charge in [0.1, 0.15) is 5.69 Å². The summed E-state index contributed by atoms with van der Waals surface area (Å²) in [6.45, 7) is 0. The third-order valence-electron chi connectivity index (χ3n) is 2.66. The topological polar surface area (TPSA) is 95.6 Å². The molecule has 0 aliphatic carbocycles. The monoisotopic (exact) mass is 294 g/mol. The smallest absolute Gasteiger partial charge is 0.292 e. The second-order valence-electron chi connectivity index (χ2n) is 4.08. The highest BCUT2D eigenvalue weighted by Gasteiger charge is 2.28. The van der Waals surface area contributed by atoms with Gasteiger partial charge >= 0.3 is 0 Å². The quantitative estimate of drug-likeness (QED) is 0.457. The third-order valence-corrected chi connectivity index (χ3v) is 2.91. The molecule has 2 rings (SSSR count). The van der Waals surface area contributed by atoms with Crippen molar-refractivity contribution >= 4 is 23.0 Å². The molecule has 0 saturated heterocycles. The van der Waals surface area contributed by atoms with Crippen molar-refractivity contribution in [2.75, 3.05) is 5.32 Å². The van der Waals surface area contributed by atoms with Gasteiger partial charge in [-0.3, -0.25) is 10.1 Å². The van der Waals surface area contributed by atoms with Crippen molar-refractivity contribution in [3.8, 4) is 0 Å². The van der Waals surface area contributed by atoms with Gasteiger partial charge in [0.15, 0.2) is 0 Å². The average Bonchev–Trinajstić information content (AvgIpc) is 2.39. The van der Waals surface area contributed by atoms with E-state index < -0.39 is 10.8 Å². The summed E-state index contributed by atoms with van der Waals surface area (Å²) in [7, 11) is 0. The number of anilines is 1. The molecule has 0 saturated carbocycles. The number of nitro groups is 1. The summed E-state index contributed by atoms with van der Waals surface area (Å²) in [5.41, 5.74) is -0.147. The molecule has 2 aromatic carbocycles. The fourth-order valence-corrected chi connectivity index (χ4v) is 1.81. The van der Waals surface area contributed by atoms with Gasteiger partial charge < -0.3 is 15.5 Å². The summed E-state index contributed by atoms with van der Waals surface area (Å²) >= 11 is 5.72. The second kappa shape index (κ2) is 5.46. The van der Waals surface area contributed by atoms with Gasteiger partial charge in [0.25, 0.3) is 11.6 Å². The van der Waals surface area contributed by atoms with Gasteiger partial charge in [-0.1, -0.05) is 35.9 Å². The number of hydrogen-bond donors (Lipinski definition) is 3. The lowest BCUT2D eigenvalue weighted by atomic mass is 10.1. The molecule has 7 heteroatoms. The van der Waals surface area contributed by atoms with Gasteiger partial charge in [0.2, 0.25) is 0 Å². The maximum Gasteiger partial charge on any atom is 0.292 e. The zero-order valence-electron chi connectivity index (χ0n) is 10.2. The Bertz CT molecular complexity index is 629. The fourth-order valence-electron chi connectivity index (χ4n) is 1.68. The summed E-state index contributed by atoms with van der Waals surface area (Å²) < 4.78 is 0. The number of halogens is 1. The number of benzene rings is 2. The molecule has 0 aromatic heterocycles. The van der Waals surface area contributed by atoms with Crippen LogP contribution in [0.15, 0.2) is 48.5 Å². The Labute approximate surface area is 119 Å². The predicted molar refractivity (Wildman–Crippen MR) is 74.3 cm³/mol. The lowest BCUT2D eigenvalue weighted by Gasteiger charge is -2.24. The molecule has 104 valence electrons. The molecule has 0 bridgehead atoms. The molecule has 0 aliphatic heterocycles. The van der Waals surface area contributed by atoms with Crippen LogP contribution in [0.25, 0.3) is 0 Å². The van der Waals surface area contributed by atoms with E-state index in [2.05, 4.69) is 5.32 Å². The Morgan fingerprint density at radius 1 is 1.10 bits per heavy atom.